The molecule has 1 fully saturated rings. The zero-order valence-electron chi connectivity index (χ0n) is 18.1. The van der Waals surface area contributed by atoms with E-state index in [0.717, 1.165) is 29.6 Å². The molecule has 164 valence electrons. The lowest BCUT2D eigenvalue weighted by Gasteiger charge is -2.34. The van der Waals surface area contributed by atoms with Crippen molar-refractivity contribution in [3.8, 4) is 0 Å². The van der Waals surface area contributed by atoms with Gasteiger partial charge in [0.1, 0.15) is 11.1 Å². The molecule has 1 atom stereocenters. The van der Waals surface area contributed by atoms with Gasteiger partial charge in [-0.3, -0.25) is 0 Å². The second-order valence-electron chi connectivity index (χ2n) is 8.89. The molecule has 3 heterocycles. The number of ether oxygens (including phenoxy) is 1. The van der Waals surface area contributed by atoms with Crippen molar-refractivity contribution in [2.75, 3.05) is 18.4 Å². The highest BCUT2D eigenvalue weighted by molar-refractivity contribution is 6.28. The van der Waals surface area contributed by atoms with E-state index in [9.17, 15) is 4.79 Å². The average Bonchev–Trinajstić information content (AvgIpc) is 3.15. The molecule has 8 heteroatoms. The quantitative estimate of drug-likeness (QED) is 0.609. The topological polar surface area (TPSA) is 71.8 Å². The zero-order valence-corrected chi connectivity index (χ0v) is 18.9. The largest absolute Gasteiger partial charge is 0.444 e. The number of carbonyl (C=O) groups is 1. The molecular formula is C23H28ClN5O2. The number of benzene rings is 1. The number of nitrogens with zero attached hydrogens (tertiary/aromatic N) is 4. The van der Waals surface area contributed by atoms with Crippen molar-refractivity contribution in [2.45, 2.75) is 51.7 Å². The lowest BCUT2D eigenvalue weighted by molar-refractivity contribution is 0.0196. The highest BCUT2D eigenvalue weighted by atomic mass is 35.5. The Hall–Kier alpha value is -2.80. The molecule has 1 aromatic carbocycles. The van der Waals surface area contributed by atoms with E-state index in [0.29, 0.717) is 25.5 Å². The molecule has 1 N–H and O–H groups in total. The predicted molar refractivity (Wildman–Crippen MR) is 122 cm³/mol. The minimum absolute atomic E-state index is 0.150. The van der Waals surface area contributed by atoms with Crippen LogP contribution in [-0.2, 0) is 11.3 Å². The van der Waals surface area contributed by atoms with Gasteiger partial charge in [0.15, 0.2) is 5.82 Å². The van der Waals surface area contributed by atoms with Gasteiger partial charge < -0.3 is 15.0 Å². The number of aromatic nitrogens is 3. The molecule has 0 radical (unpaired) electrons. The molecule has 0 saturated carbocycles. The van der Waals surface area contributed by atoms with E-state index < -0.39 is 5.60 Å². The zero-order chi connectivity index (χ0) is 22.0. The molecule has 0 spiro atoms. The molecule has 4 rings (SSSR count). The lowest BCUT2D eigenvalue weighted by atomic mass is 9.95. The fourth-order valence-electron chi connectivity index (χ4n) is 3.92. The van der Waals surface area contributed by atoms with Gasteiger partial charge in [-0.15, -0.1) is 5.10 Å². The maximum atomic E-state index is 12.6. The van der Waals surface area contributed by atoms with Crippen molar-refractivity contribution in [3.63, 3.8) is 0 Å². The first-order valence-corrected chi connectivity index (χ1v) is 11.0. The molecule has 1 amide bonds. The molecule has 1 aliphatic heterocycles. The summed E-state index contributed by atoms with van der Waals surface area (Å²) in [4.78, 5) is 18.7. The lowest BCUT2D eigenvalue weighted by Crippen LogP contribution is -2.42. The number of fused-ring (bicyclic) bond motifs is 1. The highest BCUT2D eigenvalue weighted by Crippen LogP contribution is 2.31. The Kier molecular flexibility index (Phi) is 6.05. The number of anilines is 1. The fourth-order valence-corrected chi connectivity index (χ4v) is 4.08. The van der Waals surface area contributed by atoms with Crippen LogP contribution in [0.2, 0.25) is 5.28 Å². The first kappa shape index (κ1) is 21.4. The summed E-state index contributed by atoms with van der Waals surface area (Å²) in [6.45, 7) is 7.59. The molecule has 1 aliphatic rings. The van der Waals surface area contributed by atoms with Crippen LogP contribution in [-0.4, -0.2) is 44.3 Å². The molecule has 1 unspecified atom stereocenters. The summed E-state index contributed by atoms with van der Waals surface area (Å²) >= 11 is 6.26. The number of hydrogen-bond acceptors (Lipinski definition) is 5. The number of hydrogen-bond donors (Lipinski definition) is 1. The Balaban J connectivity index is 1.55. The van der Waals surface area contributed by atoms with E-state index in [2.05, 4.69) is 33.6 Å². The summed E-state index contributed by atoms with van der Waals surface area (Å²) in [5.41, 5.74) is 2.54. The van der Waals surface area contributed by atoms with Gasteiger partial charge in [0.05, 0.1) is 0 Å². The monoisotopic (exact) mass is 441 g/mol. The van der Waals surface area contributed by atoms with Gasteiger partial charge in [0, 0.05) is 31.2 Å². The van der Waals surface area contributed by atoms with Crippen LogP contribution in [0, 0.1) is 0 Å². The normalized spacial score (nSPS) is 17.0. The van der Waals surface area contributed by atoms with Gasteiger partial charge >= 0.3 is 6.09 Å². The van der Waals surface area contributed by atoms with Gasteiger partial charge in [0.2, 0.25) is 5.28 Å². The summed E-state index contributed by atoms with van der Waals surface area (Å²) in [5.74, 6) is 0.839. The Morgan fingerprint density at radius 2 is 2.00 bits per heavy atom. The number of carbonyl (C=O) groups excluding carboxylic acids is 1. The van der Waals surface area contributed by atoms with E-state index in [4.69, 9.17) is 16.3 Å². The number of rotatable bonds is 4. The van der Waals surface area contributed by atoms with Crippen LogP contribution in [0.15, 0.2) is 42.5 Å². The number of piperidine rings is 1. The number of halogens is 1. The van der Waals surface area contributed by atoms with Crippen LogP contribution in [0.3, 0.4) is 0 Å². The SMILES string of the molecule is CC(C)(C)OC(=O)N1CCCC(c2ccc3c(NCc4ccccc4)nc(Cl)nn23)C1. The van der Waals surface area contributed by atoms with E-state index in [1.54, 1.807) is 4.90 Å². The average molecular weight is 442 g/mol. The molecule has 7 nitrogen and oxygen atoms in total. The molecule has 2 aromatic heterocycles. The van der Waals surface area contributed by atoms with E-state index in [-0.39, 0.29) is 17.3 Å². The maximum absolute atomic E-state index is 12.6. The van der Waals surface area contributed by atoms with Crippen LogP contribution in [0.4, 0.5) is 10.6 Å². The molecule has 1 saturated heterocycles. The van der Waals surface area contributed by atoms with Crippen LogP contribution >= 0.6 is 11.6 Å². The summed E-state index contributed by atoms with van der Waals surface area (Å²) in [6, 6.07) is 14.2. The van der Waals surface area contributed by atoms with E-state index in [1.165, 1.54) is 0 Å². The summed E-state index contributed by atoms with van der Waals surface area (Å²) in [7, 11) is 0. The van der Waals surface area contributed by atoms with Gasteiger partial charge in [-0.25, -0.2) is 9.31 Å². The van der Waals surface area contributed by atoms with Crippen molar-refractivity contribution in [1.82, 2.24) is 19.5 Å². The Labute approximate surface area is 187 Å². The van der Waals surface area contributed by atoms with Crippen molar-refractivity contribution in [3.05, 3.63) is 59.0 Å². The molecule has 3 aromatic rings. The third kappa shape index (κ3) is 5.10. The Bertz CT molecular complexity index is 1060. The van der Waals surface area contributed by atoms with Gasteiger partial charge in [-0.05, 0) is 62.9 Å². The number of likely N-dealkylation sites (tertiary alicyclic amines) is 1. The molecule has 31 heavy (non-hydrogen) atoms. The van der Waals surface area contributed by atoms with Crippen LogP contribution in [0.25, 0.3) is 5.52 Å². The Morgan fingerprint density at radius 3 is 2.74 bits per heavy atom. The molecular weight excluding hydrogens is 414 g/mol. The van der Waals surface area contributed by atoms with Crippen molar-refractivity contribution in [1.29, 1.82) is 0 Å². The van der Waals surface area contributed by atoms with Crippen molar-refractivity contribution >= 4 is 29.0 Å². The van der Waals surface area contributed by atoms with Crippen LogP contribution in [0.5, 0.6) is 0 Å². The predicted octanol–water partition coefficient (Wildman–Crippen LogP) is 5.11. The van der Waals surface area contributed by atoms with Gasteiger partial charge in [-0.2, -0.15) is 4.98 Å². The second-order valence-corrected chi connectivity index (χ2v) is 9.23. The van der Waals surface area contributed by atoms with E-state index in [1.807, 2.05) is 49.6 Å². The summed E-state index contributed by atoms with van der Waals surface area (Å²) in [5, 5.41) is 8.01. The third-order valence-electron chi connectivity index (χ3n) is 5.31. The highest BCUT2D eigenvalue weighted by Gasteiger charge is 2.30. The first-order valence-electron chi connectivity index (χ1n) is 10.6. The summed E-state index contributed by atoms with van der Waals surface area (Å²) in [6.07, 6.45) is 1.62. The minimum atomic E-state index is -0.508. The number of amides is 1. The van der Waals surface area contributed by atoms with Gasteiger partial charge in [-0.1, -0.05) is 30.3 Å². The third-order valence-corrected chi connectivity index (χ3v) is 5.47. The number of nitrogens with one attached hydrogen (secondary N) is 1. The van der Waals surface area contributed by atoms with Crippen molar-refractivity contribution in [2.24, 2.45) is 0 Å². The standard InChI is InChI=1S/C23H28ClN5O2/c1-23(2,3)31-22(30)28-13-7-10-17(15-28)18-11-12-19-20(26-21(24)27-29(18)19)25-14-16-8-5-4-6-9-16/h4-6,8-9,11-12,17H,7,10,13-15H2,1-3H3,(H,25,26,27). The minimum Gasteiger partial charge on any atom is -0.444 e. The van der Waals surface area contributed by atoms with Crippen LogP contribution in [0.1, 0.15) is 50.8 Å². The first-order chi connectivity index (χ1) is 14.8. The Morgan fingerprint density at radius 1 is 1.23 bits per heavy atom. The second kappa shape index (κ2) is 8.75. The molecule has 0 bridgehead atoms. The molecule has 0 aliphatic carbocycles. The van der Waals surface area contributed by atoms with Crippen LogP contribution < -0.4 is 5.32 Å². The van der Waals surface area contributed by atoms with E-state index >= 15 is 0 Å². The van der Waals surface area contributed by atoms with Gasteiger partial charge in [0.25, 0.3) is 0 Å². The smallest absolute Gasteiger partial charge is 0.410 e. The maximum Gasteiger partial charge on any atom is 0.410 e. The fraction of sp³-hybridized carbons (Fsp3) is 0.435. The summed E-state index contributed by atoms with van der Waals surface area (Å²) < 4.78 is 7.42. The van der Waals surface area contributed by atoms with Crippen molar-refractivity contribution < 1.29 is 9.53 Å².